The second-order valence-corrected chi connectivity index (χ2v) is 10.9. The Labute approximate surface area is 221 Å². The van der Waals surface area contributed by atoms with Gasteiger partial charge in [-0.3, -0.25) is 19.9 Å². The summed E-state index contributed by atoms with van der Waals surface area (Å²) in [6.07, 6.45) is 4.66. The lowest BCUT2D eigenvalue weighted by Crippen LogP contribution is -2.40. The van der Waals surface area contributed by atoms with Crippen molar-refractivity contribution in [3.05, 3.63) is 64.7 Å². The molecule has 12 heteroatoms. The molecule has 2 aromatic rings. The van der Waals surface area contributed by atoms with E-state index in [1.807, 2.05) is 4.90 Å². The largest absolute Gasteiger partial charge is 0.489 e. The van der Waals surface area contributed by atoms with E-state index in [9.17, 15) is 13.2 Å². The summed E-state index contributed by atoms with van der Waals surface area (Å²) in [5.74, 6) is -1.67. The fourth-order valence-corrected chi connectivity index (χ4v) is 5.34. The van der Waals surface area contributed by atoms with Crippen LogP contribution in [0.1, 0.15) is 30.9 Å². The van der Waals surface area contributed by atoms with Crippen molar-refractivity contribution >= 4 is 51.0 Å². The van der Waals surface area contributed by atoms with E-state index < -0.39 is 21.7 Å². The summed E-state index contributed by atoms with van der Waals surface area (Å²) in [6, 6.07) is 11.4. The number of piperidine rings is 1. The van der Waals surface area contributed by atoms with Crippen molar-refractivity contribution in [1.29, 1.82) is 10.8 Å². The molecule has 1 saturated heterocycles. The lowest BCUT2D eigenvalue weighted by Gasteiger charge is -2.33. The van der Waals surface area contributed by atoms with Gasteiger partial charge in [-0.25, -0.2) is 8.42 Å². The number of aliphatic carboxylic acids is 1. The Kier molecular flexibility index (Phi) is 9.17. The van der Waals surface area contributed by atoms with E-state index in [1.54, 1.807) is 49.4 Å². The number of hydrogen-bond acceptors (Lipinski definition) is 6. The minimum absolute atomic E-state index is 0.0577. The number of sulfonamides is 1. The van der Waals surface area contributed by atoms with Gasteiger partial charge in [0.1, 0.15) is 17.7 Å². The highest BCUT2D eigenvalue weighted by Gasteiger charge is 2.26. The number of nitrogen functional groups attached to an aromatic ring is 1. The number of carbonyl (C=O) groups is 1. The van der Waals surface area contributed by atoms with E-state index in [0.717, 1.165) is 22.7 Å². The Hall–Kier alpha value is -3.57. The van der Waals surface area contributed by atoms with E-state index in [4.69, 9.17) is 38.0 Å². The molecule has 0 atom stereocenters. The maximum Gasteiger partial charge on any atom is 0.320 e. The second kappa shape index (κ2) is 12.1. The molecule has 10 nitrogen and oxygen atoms in total. The number of anilines is 1. The molecular weight excluding hydrogens is 518 g/mol. The van der Waals surface area contributed by atoms with Crippen molar-refractivity contribution in [3.8, 4) is 5.75 Å². The van der Waals surface area contributed by atoms with Gasteiger partial charge in [0.25, 0.3) is 0 Å². The molecule has 1 fully saturated rings. The molecule has 37 heavy (non-hydrogen) atoms. The molecule has 1 heterocycles. The van der Waals surface area contributed by atoms with Crippen LogP contribution in [0.3, 0.4) is 0 Å². The maximum absolute atomic E-state index is 12.9. The Morgan fingerprint density at radius 1 is 1.22 bits per heavy atom. The standard InChI is InChI=1S/C25H30ClN5O5S/c1-17(27)30-13-10-21(11-14-30)36-23-9-8-20(15-22(23)26)31(37(34,35)16-24(32)33)12-2-3-18-4-6-19(7-5-18)25(28)29/h2-9,15,21,27H,10-14,16H2,1H3,(H3,28,29)(H,32,33)/b3-2+,27-17?. The molecule has 0 amide bonds. The summed E-state index contributed by atoms with van der Waals surface area (Å²) in [4.78, 5) is 13.2. The Balaban J connectivity index is 1.78. The third-order valence-electron chi connectivity index (χ3n) is 5.86. The molecule has 0 radical (unpaired) electrons. The first-order valence-corrected chi connectivity index (χ1v) is 13.5. The molecule has 0 aromatic heterocycles. The predicted molar refractivity (Wildman–Crippen MR) is 145 cm³/mol. The maximum atomic E-state index is 12.9. The van der Waals surface area contributed by atoms with Gasteiger partial charge < -0.3 is 20.5 Å². The number of rotatable bonds is 10. The van der Waals surface area contributed by atoms with Crippen LogP contribution in [0.5, 0.6) is 5.75 Å². The van der Waals surface area contributed by atoms with Gasteiger partial charge in [0, 0.05) is 31.5 Å². The molecule has 2 aromatic carbocycles. The van der Waals surface area contributed by atoms with Crippen molar-refractivity contribution < 1.29 is 23.1 Å². The van der Waals surface area contributed by atoms with Crippen molar-refractivity contribution in [2.75, 3.05) is 29.7 Å². The summed E-state index contributed by atoms with van der Waals surface area (Å²) in [7, 11) is -4.21. The van der Waals surface area contributed by atoms with Crippen LogP contribution in [-0.4, -0.2) is 67.6 Å². The molecule has 0 spiro atoms. The Morgan fingerprint density at radius 3 is 2.41 bits per heavy atom. The van der Waals surface area contributed by atoms with Gasteiger partial charge >= 0.3 is 5.97 Å². The second-order valence-electron chi connectivity index (χ2n) is 8.62. The van der Waals surface area contributed by atoms with Gasteiger partial charge in [-0.2, -0.15) is 0 Å². The lowest BCUT2D eigenvalue weighted by atomic mass is 10.1. The number of nitrogens with one attached hydrogen (secondary N) is 2. The molecule has 5 N–H and O–H groups in total. The number of halogens is 1. The van der Waals surface area contributed by atoms with E-state index in [2.05, 4.69) is 0 Å². The van der Waals surface area contributed by atoms with Gasteiger partial charge in [0.15, 0.2) is 5.75 Å². The SMILES string of the molecule is CC(=N)N1CCC(Oc2ccc(N(C/C=C/c3ccc(C(=N)N)cc3)S(=O)(=O)CC(=O)O)cc2Cl)CC1. The van der Waals surface area contributed by atoms with E-state index >= 15 is 0 Å². The molecule has 198 valence electrons. The Morgan fingerprint density at radius 2 is 1.86 bits per heavy atom. The monoisotopic (exact) mass is 547 g/mol. The van der Waals surface area contributed by atoms with Gasteiger partial charge in [-0.15, -0.1) is 0 Å². The molecular formula is C25H30ClN5O5S. The van der Waals surface area contributed by atoms with Gasteiger partial charge in [-0.1, -0.05) is 48.0 Å². The molecule has 1 aliphatic rings. The topological polar surface area (TPSA) is 161 Å². The lowest BCUT2D eigenvalue weighted by molar-refractivity contribution is -0.134. The van der Waals surface area contributed by atoms with E-state index in [0.29, 0.717) is 30.2 Å². The first-order valence-electron chi connectivity index (χ1n) is 11.6. The van der Waals surface area contributed by atoms with Crippen LogP contribution >= 0.6 is 11.6 Å². The zero-order chi connectivity index (χ0) is 27.2. The smallest absolute Gasteiger partial charge is 0.320 e. The number of likely N-dealkylation sites (tertiary alicyclic amines) is 1. The van der Waals surface area contributed by atoms with Crippen LogP contribution in [0.15, 0.2) is 48.5 Å². The number of carboxylic acid groups (broad SMARTS) is 1. The third kappa shape index (κ3) is 7.70. The quantitative estimate of drug-likeness (QED) is 0.262. The number of amidine groups is 2. The van der Waals surface area contributed by atoms with Crippen LogP contribution in [0.25, 0.3) is 6.08 Å². The fourth-order valence-electron chi connectivity index (χ4n) is 3.90. The Bertz CT molecular complexity index is 1290. The highest BCUT2D eigenvalue weighted by Crippen LogP contribution is 2.32. The van der Waals surface area contributed by atoms with Gasteiger partial charge in [0.05, 0.1) is 23.1 Å². The molecule has 0 bridgehead atoms. The molecule has 0 saturated carbocycles. The van der Waals surface area contributed by atoms with Crippen molar-refractivity contribution in [1.82, 2.24) is 4.90 Å². The van der Waals surface area contributed by atoms with Crippen LogP contribution in [-0.2, 0) is 14.8 Å². The third-order valence-corrected chi connectivity index (χ3v) is 7.80. The minimum Gasteiger partial charge on any atom is -0.489 e. The van der Waals surface area contributed by atoms with Crippen LogP contribution < -0.4 is 14.8 Å². The highest BCUT2D eigenvalue weighted by atomic mass is 35.5. The number of nitrogens with two attached hydrogens (primary N) is 1. The van der Waals surface area contributed by atoms with Crippen LogP contribution in [0.2, 0.25) is 5.02 Å². The molecule has 1 aliphatic heterocycles. The molecule has 3 rings (SSSR count). The minimum atomic E-state index is -4.21. The van der Waals surface area contributed by atoms with Crippen LogP contribution in [0, 0.1) is 10.8 Å². The fraction of sp³-hybridized carbons (Fsp3) is 0.320. The number of benzene rings is 2. The summed E-state index contributed by atoms with van der Waals surface area (Å²) in [6.45, 7) is 3.05. The summed E-state index contributed by atoms with van der Waals surface area (Å²) in [5.41, 5.74) is 7.00. The molecule has 0 unspecified atom stereocenters. The van der Waals surface area contributed by atoms with Crippen molar-refractivity contribution in [3.63, 3.8) is 0 Å². The average molecular weight is 548 g/mol. The zero-order valence-electron chi connectivity index (χ0n) is 20.4. The van der Waals surface area contributed by atoms with E-state index in [-0.39, 0.29) is 29.2 Å². The average Bonchev–Trinajstić information content (AvgIpc) is 2.83. The highest BCUT2D eigenvalue weighted by molar-refractivity contribution is 7.93. The van der Waals surface area contributed by atoms with E-state index in [1.165, 1.54) is 12.1 Å². The predicted octanol–water partition coefficient (Wildman–Crippen LogP) is 3.40. The first kappa shape index (κ1) is 28.0. The normalized spacial score (nSPS) is 14.5. The number of nitrogens with zero attached hydrogens (tertiary/aromatic N) is 2. The zero-order valence-corrected chi connectivity index (χ0v) is 21.9. The number of ether oxygens (including phenoxy) is 1. The van der Waals surface area contributed by atoms with Crippen molar-refractivity contribution in [2.24, 2.45) is 5.73 Å². The summed E-state index contributed by atoms with van der Waals surface area (Å²) in [5, 5.41) is 24.6. The first-order chi connectivity index (χ1) is 17.5. The van der Waals surface area contributed by atoms with Gasteiger partial charge in [-0.05, 0) is 30.7 Å². The summed E-state index contributed by atoms with van der Waals surface area (Å²) >= 11 is 6.45. The van der Waals surface area contributed by atoms with Gasteiger partial charge in [0.2, 0.25) is 10.0 Å². The molecule has 0 aliphatic carbocycles. The summed E-state index contributed by atoms with van der Waals surface area (Å²) < 4.78 is 32.8. The number of carboxylic acids is 1. The number of hydrogen-bond donors (Lipinski definition) is 4. The van der Waals surface area contributed by atoms with Crippen LogP contribution in [0.4, 0.5) is 5.69 Å². The van der Waals surface area contributed by atoms with Crippen molar-refractivity contribution in [2.45, 2.75) is 25.9 Å².